The van der Waals surface area contributed by atoms with Crippen LogP contribution in [0.4, 0.5) is 10.1 Å². The molecule has 1 amide bonds. The Kier molecular flexibility index (Phi) is 8.36. The molecule has 2 aromatic carbocycles. The topological polar surface area (TPSA) is 78.0 Å². The van der Waals surface area contributed by atoms with Crippen molar-refractivity contribution < 1.29 is 13.9 Å². The van der Waals surface area contributed by atoms with Gasteiger partial charge >= 0.3 is 0 Å². The Bertz CT molecular complexity index is 1230. The molecule has 3 N–H and O–H groups in total. The maximum Gasteiger partial charge on any atom is 0.251 e. The van der Waals surface area contributed by atoms with Crippen molar-refractivity contribution in [2.24, 2.45) is 28.2 Å². The summed E-state index contributed by atoms with van der Waals surface area (Å²) in [6.07, 6.45) is 2.89. The molecule has 3 saturated carbocycles. The second-order valence-corrected chi connectivity index (χ2v) is 12.4. The first-order valence-electron chi connectivity index (χ1n) is 14.7. The van der Waals surface area contributed by atoms with Crippen molar-refractivity contribution in [1.82, 2.24) is 15.5 Å². The molecule has 2 aromatic rings. The number of carbonyl (C=O) groups is 1. The molecule has 6 rings (SSSR count). The van der Waals surface area contributed by atoms with Crippen molar-refractivity contribution in [3.63, 3.8) is 0 Å². The highest BCUT2D eigenvalue weighted by Crippen LogP contribution is 2.61. The number of amides is 1. The van der Waals surface area contributed by atoms with Crippen LogP contribution < -0.4 is 20.7 Å². The van der Waals surface area contributed by atoms with Gasteiger partial charge in [-0.3, -0.25) is 4.79 Å². The number of anilines is 1. The number of nitrogens with one attached hydrogen (secondary N) is 3. The molecule has 8 heteroatoms. The van der Waals surface area contributed by atoms with Crippen LogP contribution in [0.15, 0.2) is 47.5 Å². The van der Waals surface area contributed by atoms with Crippen LogP contribution in [0.5, 0.6) is 5.75 Å². The van der Waals surface area contributed by atoms with Crippen LogP contribution >= 0.6 is 0 Å². The number of piperazine rings is 1. The van der Waals surface area contributed by atoms with Gasteiger partial charge in [-0.2, -0.15) is 0 Å². The average Bonchev–Trinajstić information content (AvgIpc) is 2.94. The highest BCUT2D eigenvalue weighted by Gasteiger charge is 2.56. The molecule has 0 aromatic heterocycles. The van der Waals surface area contributed by atoms with Crippen LogP contribution in [0, 0.1) is 29.0 Å². The van der Waals surface area contributed by atoms with Crippen LogP contribution in [-0.4, -0.2) is 62.1 Å². The van der Waals surface area contributed by atoms with Crippen molar-refractivity contribution in [1.29, 1.82) is 0 Å². The number of aliphatic imine (C=N–C) groups is 1. The Morgan fingerprint density at radius 3 is 2.60 bits per heavy atom. The zero-order chi connectivity index (χ0) is 28.4. The van der Waals surface area contributed by atoms with Gasteiger partial charge in [0.05, 0.1) is 13.2 Å². The van der Waals surface area contributed by atoms with Gasteiger partial charge in [-0.1, -0.05) is 26.8 Å². The van der Waals surface area contributed by atoms with Gasteiger partial charge < -0.3 is 25.6 Å². The third kappa shape index (κ3) is 5.97. The first-order valence-corrected chi connectivity index (χ1v) is 14.7. The molecule has 1 saturated heterocycles. The van der Waals surface area contributed by atoms with Gasteiger partial charge in [-0.15, -0.1) is 0 Å². The third-order valence-electron chi connectivity index (χ3n) is 9.61. The van der Waals surface area contributed by atoms with Crippen LogP contribution in [0.3, 0.4) is 0 Å². The zero-order valence-electron chi connectivity index (χ0n) is 24.5. The van der Waals surface area contributed by atoms with E-state index >= 15 is 0 Å². The molecule has 3 aliphatic carbocycles. The van der Waals surface area contributed by atoms with E-state index in [1.165, 1.54) is 19.6 Å². The molecule has 1 heterocycles. The molecular weight excluding hydrogens is 505 g/mol. The van der Waals surface area contributed by atoms with Crippen LogP contribution in [0.25, 0.3) is 0 Å². The Morgan fingerprint density at radius 2 is 1.95 bits per heavy atom. The summed E-state index contributed by atoms with van der Waals surface area (Å²) in [6, 6.07) is 13.0. The van der Waals surface area contributed by atoms with E-state index in [1.807, 2.05) is 24.3 Å². The molecule has 40 heavy (non-hydrogen) atoms. The first-order chi connectivity index (χ1) is 19.2. The molecule has 216 valence electrons. The van der Waals surface area contributed by atoms with Gasteiger partial charge in [-0.25, -0.2) is 9.38 Å². The first kappa shape index (κ1) is 28.4. The smallest absolute Gasteiger partial charge is 0.251 e. The van der Waals surface area contributed by atoms with Gasteiger partial charge in [0.2, 0.25) is 0 Å². The molecule has 5 atom stereocenters. The van der Waals surface area contributed by atoms with E-state index in [-0.39, 0.29) is 11.7 Å². The van der Waals surface area contributed by atoms with E-state index in [0.29, 0.717) is 53.3 Å². The Labute approximate surface area is 238 Å². The summed E-state index contributed by atoms with van der Waals surface area (Å²) in [5, 5.41) is 10.0. The number of nitrogens with zero attached hydrogens (tertiary/aromatic N) is 2. The van der Waals surface area contributed by atoms with Gasteiger partial charge in [0, 0.05) is 49.5 Å². The van der Waals surface area contributed by atoms with Crippen molar-refractivity contribution >= 4 is 17.6 Å². The molecule has 1 aliphatic heterocycles. The lowest BCUT2D eigenvalue weighted by Gasteiger charge is -2.61. The number of carbonyl (C=O) groups excluding carboxylic acids is 1. The Morgan fingerprint density at radius 1 is 1.18 bits per heavy atom. The molecular formula is C32H44FN5O2. The van der Waals surface area contributed by atoms with Gasteiger partial charge in [0.1, 0.15) is 11.6 Å². The maximum atomic E-state index is 14.2. The number of fused-ring (bicyclic) bond motifs is 2. The van der Waals surface area contributed by atoms with Crippen LogP contribution in [-0.2, 0) is 6.42 Å². The van der Waals surface area contributed by atoms with Gasteiger partial charge in [-0.05, 0) is 85.3 Å². The Balaban J connectivity index is 1.22. The standard InChI is InChI=1S/C32H44FN5O2/c1-20-19-38(15-14-34-20)31(37-29-17-24-16-27(21(29)2)32(24,3)4)36-25-9-6-23(7-10-25)30(39)35-13-12-22-8-11-26(40-5)18-28(22)33/h6-11,18,20-21,24,27,29,34H,12-17,19H2,1-5H3,(H,35,39)(H,36,37)/t20-,21+,24-,27+,29+/m1/s1. The summed E-state index contributed by atoms with van der Waals surface area (Å²) in [5.74, 6) is 2.96. The maximum absolute atomic E-state index is 14.2. The normalized spacial score (nSPS) is 27.5. The Hall–Kier alpha value is -3.13. The molecule has 0 radical (unpaired) electrons. The lowest BCUT2D eigenvalue weighted by Crippen LogP contribution is -2.57. The predicted molar refractivity (Wildman–Crippen MR) is 158 cm³/mol. The SMILES string of the molecule is COc1ccc(CCNC(=O)c2ccc(NC(=N[C@H]3C[C@H]4C[C@@H]([C@@H]3C)C4(C)C)N3CCN[C@H](C)C3)cc2)c(F)c1. The minimum absolute atomic E-state index is 0.178. The van der Waals surface area contributed by atoms with E-state index < -0.39 is 0 Å². The van der Waals surface area contributed by atoms with Gasteiger partial charge in [0.15, 0.2) is 5.96 Å². The lowest BCUT2D eigenvalue weighted by molar-refractivity contribution is -0.108. The predicted octanol–water partition coefficient (Wildman–Crippen LogP) is 4.94. The quantitative estimate of drug-likeness (QED) is 0.337. The van der Waals surface area contributed by atoms with E-state index in [1.54, 1.807) is 12.1 Å². The largest absolute Gasteiger partial charge is 0.497 e. The molecule has 4 fully saturated rings. The van der Waals surface area contributed by atoms with Gasteiger partial charge in [0.25, 0.3) is 5.91 Å². The lowest BCUT2D eigenvalue weighted by atomic mass is 9.45. The number of ether oxygens (including phenoxy) is 1. The third-order valence-corrected chi connectivity index (χ3v) is 9.61. The summed E-state index contributed by atoms with van der Waals surface area (Å²) in [6.45, 7) is 12.5. The minimum atomic E-state index is -0.330. The van der Waals surface area contributed by atoms with E-state index in [2.05, 4.69) is 48.5 Å². The zero-order valence-corrected chi connectivity index (χ0v) is 24.5. The molecule has 2 bridgehead atoms. The molecule has 0 spiro atoms. The van der Waals surface area contributed by atoms with Crippen LogP contribution in [0.1, 0.15) is 56.5 Å². The minimum Gasteiger partial charge on any atom is -0.497 e. The number of methoxy groups -OCH3 is 1. The summed E-state index contributed by atoms with van der Waals surface area (Å²) in [5.41, 5.74) is 2.46. The van der Waals surface area contributed by atoms with Crippen molar-refractivity contribution in [2.75, 3.05) is 38.6 Å². The number of hydrogen-bond acceptors (Lipinski definition) is 4. The number of rotatable bonds is 7. The second-order valence-electron chi connectivity index (χ2n) is 12.4. The summed E-state index contributed by atoms with van der Waals surface area (Å²) in [7, 11) is 1.51. The van der Waals surface area contributed by atoms with Crippen molar-refractivity contribution in [3.05, 3.63) is 59.4 Å². The van der Waals surface area contributed by atoms with Crippen molar-refractivity contribution in [3.8, 4) is 5.75 Å². The number of halogens is 1. The monoisotopic (exact) mass is 549 g/mol. The fourth-order valence-electron chi connectivity index (χ4n) is 6.87. The number of hydrogen-bond donors (Lipinski definition) is 3. The van der Waals surface area contributed by atoms with E-state index in [9.17, 15) is 9.18 Å². The van der Waals surface area contributed by atoms with Crippen LogP contribution in [0.2, 0.25) is 0 Å². The summed E-state index contributed by atoms with van der Waals surface area (Å²) >= 11 is 0. The summed E-state index contributed by atoms with van der Waals surface area (Å²) in [4.78, 5) is 20.4. The van der Waals surface area contributed by atoms with E-state index in [4.69, 9.17) is 9.73 Å². The fraction of sp³-hybridized carbons (Fsp3) is 0.562. The number of benzene rings is 2. The molecule has 4 aliphatic rings. The van der Waals surface area contributed by atoms with E-state index in [0.717, 1.165) is 49.5 Å². The molecule has 0 unspecified atom stereocenters. The highest BCUT2D eigenvalue weighted by atomic mass is 19.1. The molecule has 7 nitrogen and oxygen atoms in total. The average molecular weight is 550 g/mol. The summed E-state index contributed by atoms with van der Waals surface area (Å²) < 4.78 is 19.2. The van der Waals surface area contributed by atoms with Crippen molar-refractivity contribution in [2.45, 2.75) is 59.0 Å². The second kappa shape index (κ2) is 11.8. The highest BCUT2D eigenvalue weighted by molar-refractivity contribution is 5.96. The fourth-order valence-corrected chi connectivity index (χ4v) is 6.87. The number of guanidine groups is 1.